The van der Waals surface area contributed by atoms with Gasteiger partial charge in [-0.15, -0.1) is 0 Å². The van der Waals surface area contributed by atoms with E-state index in [1.165, 1.54) is 0 Å². The minimum absolute atomic E-state index is 0.0606. The maximum absolute atomic E-state index is 11.9. The Morgan fingerprint density at radius 1 is 1.44 bits per heavy atom. The summed E-state index contributed by atoms with van der Waals surface area (Å²) in [6.07, 6.45) is 2.35. The third-order valence-electron chi connectivity index (χ3n) is 2.80. The summed E-state index contributed by atoms with van der Waals surface area (Å²) >= 11 is 5.92. The van der Waals surface area contributed by atoms with Crippen LogP contribution in [0.4, 0.5) is 5.69 Å². The van der Waals surface area contributed by atoms with E-state index < -0.39 is 0 Å². The first-order chi connectivity index (χ1) is 7.66. The second kappa shape index (κ2) is 4.85. The molecule has 1 aliphatic rings. The van der Waals surface area contributed by atoms with Gasteiger partial charge in [0.05, 0.1) is 0 Å². The van der Waals surface area contributed by atoms with Crippen LogP contribution in [0.3, 0.4) is 0 Å². The summed E-state index contributed by atoms with van der Waals surface area (Å²) in [5.74, 6) is 0.134. The zero-order valence-electron chi connectivity index (χ0n) is 9.03. The molecule has 1 fully saturated rings. The van der Waals surface area contributed by atoms with Crippen LogP contribution in [0.1, 0.15) is 19.3 Å². The van der Waals surface area contributed by atoms with E-state index >= 15 is 0 Å². The predicted molar refractivity (Wildman–Crippen MR) is 65.6 cm³/mol. The molecular weight excluding hydrogens is 224 g/mol. The number of anilines is 1. The molecule has 1 heterocycles. The normalized spacial score (nSPS) is 22.0. The Hall–Kier alpha value is -1.06. The van der Waals surface area contributed by atoms with Crippen LogP contribution < -0.4 is 10.6 Å². The predicted octanol–water partition coefficient (Wildman–Crippen LogP) is 2.18. The van der Waals surface area contributed by atoms with Crippen LogP contribution in [0.25, 0.3) is 0 Å². The minimum Gasteiger partial charge on any atom is -0.326 e. The van der Waals surface area contributed by atoms with Gasteiger partial charge >= 0.3 is 0 Å². The van der Waals surface area contributed by atoms with Crippen molar-refractivity contribution >= 4 is 23.2 Å². The van der Waals surface area contributed by atoms with Gasteiger partial charge in [0.25, 0.3) is 0 Å². The molecule has 1 aromatic carbocycles. The number of benzene rings is 1. The fourth-order valence-electron chi connectivity index (χ4n) is 1.97. The zero-order valence-corrected chi connectivity index (χ0v) is 9.78. The summed E-state index contributed by atoms with van der Waals surface area (Å²) in [5.41, 5.74) is 6.78. The topological polar surface area (TPSA) is 46.3 Å². The molecular formula is C12H15ClN2O. The maximum atomic E-state index is 11.9. The van der Waals surface area contributed by atoms with Crippen LogP contribution in [0, 0.1) is 0 Å². The molecule has 16 heavy (non-hydrogen) atoms. The molecule has 1 aromatic rings. The van der Waals surface area contributed by atoms with E-state index in [9.17, 15) is 4.79 Å². The highest BCUT2D eigenvalue weighted by Crippen LogP contribution is 2.23. The molecule has 0 saturated carbocycles. The van der Waals surface area contributed by atoms with Crippen LogP contribution in [-0.4, -0.2) is 18.5 Å². The number of hydrogen-bond donors (Lipinski definition) is 1. The SMILES string of the molecule is NC1CCCC(=O)N(c2cccc(Cl)c2)C1. The molecule has 3 nitrogen and oxygen atoms in total. The number of hydrogen-bond acceptors (Lipinski definition) is 2. The van der Waals surface area contributed by atoms with E-state index in [0.717, 1.165) is 18.5 Å². The van der Waals surface area contributed by atoms with E-state index in [1.54, 1.807) is 17.0 Å². The number of halogens is 1. The van der Waals surface area contributed by atoms with Crippen LogP contribution in [-0.2, 0) is 4.79 Å². The first-order valence-corrected chi connectivity index (χ1v) is 5.86. The van der Waals surface area contributed by atoms with E-state index in [0.29, 0.717) is 18.0 Å². The molecule has 0 spiro atoms. The molecule has 2 N–H and O–H groups in total. The molecule has 4 heteroatoms. The van der Waals surface area contributed by atoms with Gasteiger partial charge in [0.1, 0.15) is 0 Å². The number of carbonyl (C=O) groups excluding carboxylic acids is 1. The standard InChI is InChI=1S/C12H15ClN2O/c13-9-3-1-5-11(7-9)15-8-10(14)4-2-6-12(15)16/h1,3,5,7,10H,2,4,6,8,14H2. The van der Waals surface area contributed by atoms with E-state index in [1.807, 2.05) is 12.1 Å². The number of amides is 1. The van der Waals surface area contributed by atoms with E-state index in [2.05, 4.69) is 0 Å². The second-order valence-corrected chi connectivity index (χ2v) is 4.57. The van der Waals surface area contributed by atoms with E-state index in [-0.39, 0.29) is 11.9 Å². The minimum atomic E-state index is 0.0606. The number of carbonyl (C=O) groups is 1. The lowest BCUT2D eigenvalue weighted by Gasteiger charge is -2.23. The Morgan fingerprint density at radius 2 is 2.25 bits per heavy atom. The average Bonchev–Trinajstić information content (AvgIpc) is 2.41. The zero-order chi connectivity index (χ0) is 11.5. The molecule has 1 atom stereocenters. The molecule has 0 aromatic heterocycles. The molecule has 1 unspecified atom stereocenters. The van der Waals surface area contributed by atoms with Crippen LogP contribution in [0.15, 0.2) is 24.3 Å². The van der Waals surface area contributed by atoms with Crippen LogP contribution >= 0.6 is 11.6 Å². The van der Waals surface area contributed by atoms with Gasteiger partial charge in [0, 0.05) is 29.7 Å². The quantitative estimate of drug-likeness (QED) is 0.815. The molecule has 86 valence electrons. The van der Waals surface area contributed by atoms with Crippen molar-refractivity contribution in [3.8, 4) is 0 Å². The lowest BCUT2D eigenvalue weighted by molar-refractivity contribution is -0.118. The number of rotatable bonds is 1. The van der Waals surface area contributed by atoms with Gasteiger partial charge in [0.15, 0.2) is 0 Å². The van der Waals surface area contributed by atoms with Crippen molar-refractivity contribution in [3.63, 3.8) is 0 Å². The average molecular weight is 239 g/mol. The molecule has 1 saturated heterocycles. The monoisotopic (exact) mass is 238 g/mol. The van der Waals surface area contributed by atoms with Crippen LogP contribution in [0.5, 0.6) is 0 Å². The van der Waals surface area contributed by atoms with Gasteiger partial charge in [-0.1, -0.05) is 17.7 Å². The molecule has 0 aliphatic carbocycles. The molecule has 1 aliphatic heterocycles. The highest BCUT2D eigenvalue weighted by atomic mass is 35.5. The van der Waals surface area contributed by atoms with Gasteiger partial charge in [-0.2, -0.15) is 0 Å². The molecule has 0 radical (unpaired) electrons. The van der Waals surface area contributed by atoms with Crippen molar-refractivity contribution in [1.29, 1.82) is 0 Å². The fourth-order valence-corrected chi connectivity index (χ4v) is 2.16. The first kappa shape index (κ1) is 11.4. The van der Waals surface area contributed by atoms with Crippen molar-refractivity contribution in [2.24, 2.45) is 5.73 Å². The third kappa shape index (κ3) is 2.54. The van der Waals surface area contributed by atoms with Crippen molar-refractivity contribution in [1.82, 2.24) is 0 Å². The Bertz CT molecular complexity index is 394. The first-order valence-electron chi connectivity index (χ1n) is 5.48. The van der Waals surface area contributed by atoms with Crippen molar-refractivity contribution in [2.75, 3.05) is 11.4 Å². The lowest BCUT2D eigenvalue weighted by Crippen LogP contribution is -2.38. The Morgan fingerprint density at radius 3 is 3.00 bits per heavy atom. The highest BCUT2D eigenvalue weighted by molar-refractivity contribution is 6.30. The highest BCUT2D eigenvalue weighted by Gasteiger charge is 2.22. The summed E-state index contributed by atoms with van der Waals surface area (Å²) in [5, 5.41) is 0.642. The number of nitrogens with zero attached hydrogens (tertiary/aromatic N) is 1. The van der Waals surface area contributed by atoms with Crippen molar-refractivity contribution in [2.45, 2.75) is 25.3 Å². The summed E-state index contributed by atoms with van der Waals surface area (Å²) < 4.78 is 0. The third-order valence-corrected chi connectivity index (χ3v) is 3.04. The lowest BCUT2D eigenvalue weighted by atomic mass is 10.1. The smallest absolute Gasteiger partial charge is 0.227 e. The summed E-state index contributed by atoms with van der Waals surface area (Å²) in [4.78, 5) is 13.6. The second-order valence-electron chi connectivity index (χ2n) is 4.14. The summed E-state index contributed by atoms with van der Waals surface area (Å²) in [6, 6.07) is 7.40. The maximum Gasteiger partial charge on any atom is 0.227 e. The summed E-state index contributed by atoms with van der Waals surface area (Å²) in [7, 11) is 0. The van der Waals surface area contributed by atoms with E-state index in [4.69, 9.17) is 17.3 Å². The van der Waals surface area contributed by atoms with Crippen molar-refractivity contribution < 1.29 is 4.79 Å². The molecule has 1 amide bonds. The fraction of sp³-hybridized carbons (Fsp3) is 0.417. The largest absolute Gasteiger partial charge is 0.326 e. The van der Waals surface area contributed by atoms with Gasteiger partial charge in [-0.05, 0) is 31.0 Å². The van der Waals surface area contributed by atoms with Gasteiger partial charge in [-0.25, -0.2) is 0 Å². The van der Waals surface area contributed by atoms with Gasteiger partial charge in [-0.3, -0.25) is 4.79 Å². The van der Waals surface area contributed by atoms with Crippen LogP contribution in [0.2, 0.25) is 5.02 Å². The van der Waals surface area contributed by atoms with Gasteiger partial charge < -0.3 is 10.6 Å². The molecule has 2 rings (SSSR count). The molecule has 0 bridgehead atoms. The Balaban J connectivity index is 2.26. The summed E-state index contributed by atoms with van der Waals surface area (Å²) in [6.45, 7) is 0.583. The van der Waals surface area contributed by atoms with Gasteiger partial charge in [0.2, 0.25) is 5.91 Å². The number of nitrogens with two attached hydrogens (primary N) is 1. The van der Waals surface area contributed by atoms with Crippen molar-refractivity contribution in [3.05, 3.63) is 29.3 Å². The Labute approximate surface area is 100 Å². The Kier molecular flexibility index (Phi) is 3.46.